The van der Waals surface area contributed by atoms with Crippen LogP contribution in [0.2, 0.25) is 0 Å². The van der Waals surface area contributed by atoms with Crippen LogP contribution in [0.5, 0.6) is 0 Å². The molecule has 0 aliphatic rings. The van der Waals surface area contributed by atoms with Gasteiger partial charge in [-0.1, -0.05) is 342 Å². The second-order valence-corrected chi connectivity index (χ2v) is 22.2. The van der Waals surface area contributed by atoms with Gasteiger partial charge in [0, 0.05) is 6.42 Å². The highest BCUT2D eigenvalue weighted by molar-refractivity contribution is 5.76. The van der Waals surface area contributed by atoms with Gasteiger partial charge in [0.1, 0.15) is 0 Å². The molecular formula is C71H127NO3. The van der Waals surface area contributed by atoms with E-state index in [0.717, 1.165) is 77.0 Å². The Bertz CT molecular complexity index is 1370. The molecule has 2 atom stereocenters. The Hall–Kier alpha value is -2.69. The Labute approximate surface area is 468 Å². The lowest BCUT2D eigenvalue weighted by molar-refractivity contribution is -0.123. The summed E-state index contributed by atoms with van der Waals surface area (Å²) in [5.74, 6) is -0.0327. The summed E-state index contributed by atoms with van der Waals surface area (Å²) in [7, 11) is 0. The molecule has 0 aromatic rings. The molecule has 0 heterocycles. The van der Waals surface area contributed by atoms with Crippen LogP contribution in [0.4, 0.5) is 0 Å². The van der Waals surface area contributed by atoms with E-state index < -0.39 is 12.1 Å². The highest BCUT2D eigenvalue weighted by Gasteiger charge is 2.20. The Kier molecular flexibility index (Phi) is 63.2. The largest absolute Gasteiger partial charge is 0.394 e. The van der Waals surface area contributed by atoms with Gasteiger partial charge in [0.15, 0.2) is 0 Å². The third-order valence-corrected chi connectivity index (χ3v) is 14.9. The number of hydrogen-bond acceptors (Lipinski definition) is 3. The molecule has 0 bridgehead atoms. The van der Waals surface area contributed by atoms with Crippen molar-refractivity contribution in [3.63, 3.8) is 0 Å². The van der Waals surface area contributed by atoms with E-state index in [-0.39, 0.29) is 12.5 Å². The van der Waals surface area contributed by atoms with Crippen molar-refractivity contribution in [1.82, 2.24) is 5.32 Å². The predicted octanol–water partition coefficient (Wildman–Crippen LogP) is 22.4. The topological polar surface area (TPSA) is 69.6 Å². The van der Waals surface area contributed by atoms with Gasteiger partial charge in [0.25, 0.3) is 0 Å². The van der Waals surface area contributed by atoms with Crippen molar-refractivity contribution < 1.29 is 15.0 Å². The van der Waals surface area contributed by atoms with E-state index >= 15 is 0 Å². The summed E-state index contributed by atoms with van der Waals surface area (Å²) in [5.41, 5.74) is 0. The molecule has 0 spiro atoms. The second-order valence-electron chi connectivity index (χ2n) is 22.2. The monoisotopic (exact) mass is 1040 g/mol. The summed E-state index contributed by atoms with van der Waals surface area (Å²) in [6.45, 7) is 4.27. The number of hydrogen-bond donors (Lipinski definition) is 3. The molecule has 4 heteroatoms. The average molecular weight is 1040 g/mol. The Morgan fingerprint density at radius 3 is 0.880 bits per heavy atom. The van der Waals surface area contributed by atoms with Gasteiger partial charge < -0.3 is 15.5 Å². The van der Waals surface area contributed by atoms with Crippen molar-refractivity contribution in [2.24, 2.45) is 0 Å². The fourth-order valence-corrected chi connectivity index (χ4v) is 9.91. The van der Waals surface area contributed by atoms with Gasteiger partial charge in [-0.05, 0) is 77.0 Å². The van der Waals surface area contributed by atoms with Gasteiger partial charge in [0.2, 0.25) is 5.91 Å². The number of allylic oxidation sites excluding steroid dienone is 16. The van der Waals surface area contributed by atoms with Gasteiger partial charge in [-0.25, -0.2) is 0 Å². The van der Waals surface area contributed by atoms with Gasteiger partial charge in [-0.15, -0.1) is 0 Å². The molecule has 3 N–H and O–H groups in total. The highest BCUT2D eigenvalue weighted by Crippen LogP contribution is 2.18. The first-order chi connectivity index (χ1) is 37.2. The lowest BCUT2D eigenvalue weighted by atomic mass is 10.0. The zero-order valence-corrected chi connectivity index (χ0v) is 50.1. The Morgan fingerprint density at radius 1 is 0.333 bits per heavy atom. The first-order valence-electron chi connectivity index (χ1n) is 32.9. The summed E-state index contributed by atoms with van der Waals surface area (Å²) in [5, 5.41) is 23.4. The standard InChI is InChI=1S/C71H127NO3/c1-3-5-7-9-11-13-15-17-19-21-23-25-27-29-31-32-33-34-35-36-37-38-39-40-41-43-45-47-49-51-53-55-57-59-61-63-65-67-71(75)72-69(68-73)70(74)66-64-62-60-58-56-54-52-50-48-46-44-42-30-28-26-24-22-20-18-16-14-12-10-8-6-4-2/h5,7,11,13,17,19,23,25,29,31,33-34,36-37,39-40,69-70,73-74H,3-4,6,8-10,12,14-16,18,20-22,24,26-28,30,32,35,38,41-68H2,1-2H3,(H,72,75)/b7-5-,13-11-,19-17-,25-23-,31-29-,34-33-,37-36-,40-39-. The summed E-state index contributed by atoms with van der Waals surface area (Å²) < 4.78 is 0. The predicted molar refractivity (Wildman–Crippen MR) is 336 cm³/mol. The fraction of sp³-hybridized carbons (Fsp3) is 0.761. The van der Waals surface area contributed by atoms with Crippen molar-refractivity contribution in [2.45, 2.75) is 341 Å². The van der Waals surface area contributed by atoms with E-state index in [1.807, 2.05) is 0 Å². The Morgan fingerprint density at radius 2 is 0.587 bits per heavy atom. The van der Waals surface area contributed by atoms with Crippen LogP contribution >= 0.6 is 0 Å². The fourth-order valence-electron chi connectivity index (χ4n) is 9.91. The highest BCUT2D eigenvalue weighted by atomic mass is 16.3. The first-order valence-corrected chi connectivity index (χ1v) is 32.9. The smallest absolute Gasteiger partial charge is 0.220 e. The molecule has 0 saturated carbocycles. The number of rotatable bonds is 60. The van der Waals surface area contributed by atoms with E-state index in [4.69, 9.17) is 0 Å². The molecule has 0 aromatic heterocycles. The minimum Gasteiger partial charge on any atom is -0.394 e. The average Bonchev–Trinajstić information content (AvgIpc) is 3.41. The number of nitrogens with one attached hydrogen (secondary N) is 1. The van der Waals surface area contributed by atoms with Gasteiger partial charge >= 0.3 is 0 Å². The molecule has 0 aromatic carbocycles. The van der Waals surface area contributed by atoms with E-state index in [9.17, 15) is 15.0 Å². The number of unbranched alkanes of at least 4 members (excludes halogenated alkanes) is 37. The van der Waals surface area contributed by atoms with Crippen LogP contribution < -0.4 is 5.32 Å². The number of amides is 1. The zero-order valence-electron chi connectivity index (χ0n) is 50.1. The van der Waals surface area contributed by atoms with Crippen molar-refractivity contribution in [1.29, 1.82) is 0 Å². The van der Waals surface area contributed by atoms with Crippen LogP contribution in [-0.2, 0) is 4.79 Å². The van der Waals surface area contributed by atoms with Crippen LogP contribution in [0, 0.1) is 0 Å². The second kappa shape index (κ2) is 65.6. The van der Waals surface area contributed by atoms with E-state index in [1.54, 1.807) is 0 Å². The maximum atomic E-state index is 12.5. The maximum Gasteiger partial charge on any atom is 0.220 e. The van der Waals surface area contributed by atoms with Crippen LogP contribution in [0.15, 0.2) is 97.2 Å². The van der Waals surface area contributed by atoms with E-state index in [0.29, 0.717) is 12.8 Å². The van der Waals surface area contributed by atoms with Crippen LogP contribution in [0.3, 0.4) is 0 Å². The van der Waals surface area contributed by atoms with Crippen LogP contribution in [0.25, 0.3) is 0 Å². The lowest BCUT2D eigenvalue weighted by Gasteiger charge is -2.22. The molecule has 4 nitrogen and oxygen atoms in total. The van der Waals surface area contributed by atoms with Crippen molar-refractivity contribution in [2.75, 3.05) is 6.61 Å². The number of carbonyl (C=O) groups excluding carboxylic acids is 1. The minimum absolute atomic E-state index is 0.0327. The third-order valence-electron chi connectivity index (χ3n) is 14.9. The summed E-state index contributed by atoms with van der Waals surface area (Å²) >= 11 is 0. The van der Waals surface area contributed by atoms with Crippen molar-refractivity contribution >= 4 is 5.91 Å². The zero-order chi connectivity index (χ0) is 54.1. The van der Waals surface area contributed by atoms with Gasteiger partial charge in [-0.3, -0.25) is 4.79 Å². The molecule has 1 amide bonds. The van der Waals surface area contributed by atoms with Crippen LogP contribution in [0.1, 0.15) is 328 Å². The van der Waals surface area contributed by atoms with Crippen LogP contribution in [-0.4, -0.2) is 34.9 Å². The van der Waals surface area contributed by atoms with Crippen molar-refractivity contribution in [3.05, 3.63) is 97.2 Å². The first kappa shape index (κ1) is 72.3. The molecular weight excluding hydrogens is 915 g/mol. The SMILES string of the molecule is CC/C=C\C/C=C\C/C=C\C/C=C\C/C=C\C/C=C\C/C=C\C/C=C\CCCCCCCCCCCCCCC(=O)NC(CO)C(O)CCCCCCCCCCCCCCCCCCCCCCCCCCCC. The molecule has 0 saturated heterocycles. The quantitative estimate of drug-likeness (QED) is 0.0420. The number of carbonyl (C=O) groups is 1. The van der Waals surface area contributed by atoms with Crippen molar-refractivity contribution in [3.8, 4) is 0 Å². The van der Waals surface area contributed by atoms with Gasteiger partial charge in [0.05, 0.1) is 18.8 Å². The summed E-state index contributed by atoms with van der Waals surface area (Å²) in [6.07, 6.45) is 97.2. The molecule has 0 rings (SSSR count). The maximum absolute atomic E-state index is 12.5. The molecule has 75 heavy (non-hydrogen) atoms. The van der Waals surface area contributed by atoms with E-state index in [1.165, 1.54) is 225 Å². The Balaban J connectivity index is 3.50. The lowest BCUT2D eigenvalue weighted by Crippen LogP contribution is -2.45. The van der Waals surface area contributed by atoms with Gasteiger partial charge in [-0.2, -0.15) is 0 Å². The number of aliphatic hydroxyl groups is 2. The molecule has 0 aliphatic carbocycles. The number of aliphatic hydroxyl groups excluding tert-OH is 2. The minimum atomic E-state index is -0.667. The molecule has 434 valence electrons. The van der Waals surface area contributed by atoms with E-state index in [2.05, 4.69) is 116 Å². The summed E-state index contributed by atoms with van der Waals surface area (Å²) in [4.78, 5) is 12.5. The molecule has 2 unspecified atom stereocenters. The normalized spacial score (nSPS) is 13.4. The summed E-state index contributed by atoms with van der Waals surface area (Å²) in [6, 6.07) is -0.544. The molecule has 0 aliphatic heterocycles. The third kappa shape index (κ3) is 62.0. The molecule has 0 fully saturated rings. The molecule has 0 radical (unpaired) electrons.